The van der Waals surface area contributed by atoms with E-state index in [4.69, 9.17) is 16.3 Å². The van der Waals surface area contributed by atoms with Gasteiger partial charge in [0.25, 0.3) is 11.8 Å². The van der Waals surface area contributed by atoms with Gasteiger partial charge in [-0.2, -0.15) is 0 Å². The second-order valence-electron chi connectivity index (χ2n) is 5.07. The second kappa shape index (κ2) is 6.60. The number of thiophene rings is 1. The van der Waals surface area contributed by atoms with Gasteiger partial charge >= 0.3 is 0 Å². The molecule has 0 atom stereocenters. The fraction of sp³-hybridized carbons (Fsp3) is 0.250. The van der Waals surface area contributed by atoms with Crippen LogP contribution in [0, 0.1) is 0 Å². The van der Waals surface area contributed by atoms with E-state index in [1.165, 1.54) is 11.3 Å². The zero-order valence-electron chi connectivity index (χ0n) is 12.5. The van der Waals surface area contributed by atoms with Gasteiger partial charge in [0, 0.05) is 12.2 Å². The Morgan fingerprint density at radius 3 is 2.91 bits per heavy atom. The van der Waals surface area contributed by atoms with E-state index in [9.17, 15) is 9.59 Å². The maximum atomic E-state index is 12.2. The van der Waals surface area contributed by atoms with E-state index in [-0.39, 0.29) is 18.4 Å². The van der Waals surface area contributed by atoms with E-state index in [1.807, 2.05) is 6.92 Å². The number of ether oxygens (including phenoxy) is 1. The summed E-state index contributed by atoms with van der Waals surface area (Å²) in [5, 5.41) is 2.82. The first-order valence-electron chi connectivity index (χ1n) is 7.22. The molecule has 7 heteroatoms. The first kappa shape index (κ1) is 15.8. The summed E-state index contributed by atoms with van der Waals surface area (Å²) in [7, 11) is 0. The van der Waals surface area contributed by atoms with Crippen molar-refractivity contribution in [1.29, 1.82) is 0 Å². The number of fused-ring (bicyclic) bond motifs is 1. The molecule has 1 aliphatic rings. The van der Waals surface area contributed by atoms with Crippen LogP contribution in [-0.2, 0) is 4.79 Å². The van der Waals surface area contributed by atoms with E-state index in [1.54, 1.807) is 35.2 Å². The van der Waals surface area contributed by atoms with Gasteiger partial charge in [-0.25, -0.2) is 0 Å². The molecule has 0 unspecified atom stereocenters. The molecule has 2 heterocycles. The van der Waals surface area contributed by atoms with Crippen molar-refractivity contribution in [3.63, 3.8) is 0 Å². The smallest absolute Gasteiger partial charge is 0.265 e. The molecular weight excluding hydrogens is 336 g/mol. The fourth-order valence-corrected chi connectivity index (χ4v) is 3.32. The van der Waals surface area contributed by atoms with Crippen molar-refractivity contribution in [2.24, 2.45) is 0 Å². The third-order valence-electron chi connectivity index (χ3n) is 3.40. The Kier molecular flexibility index (Phi) is 4.54. The van der Waals surface area contributed by atoms with Crippen LogP contribution in [0.3, 0.4) is 0 Å². The number of carbonyl (C=O) groups is 2. The monoisotopic (exact) mass is 350 g/mol. The zero-order valence-corrected chi connectivity index (χ0v) is 14.0. The number of hydrogen-bond donors (Lipinski definition) is 1. The Labute approximate surface area is 142 Å². The van der Waals surface area contributed by atoms with Crippen molar-refractivity contribution >= 4 is 46.1 Å². The minimum atomic E-state index is -0.230. The predicted octanol–water partition coefficient (Wildman–Crippen LogP) is 3.79. The molecule has 120 valence electrons. The molecule has 0 bridgehead atoms. The van der Waals surface area contributed by atoms with E-state index >= 15 is 0 Å². The van der Waals surface area contributed by atoms with Crippen molar-refractivity contribution in [2.75, 3.05) is 23.4 Å². The molecule has 0 saturated carbocycles. The molecule has 2 amide bonds. The SMILES string of the molecule is CCCN1C(=O)COc2ccc(NC(=O)c3ccc(Cl)s3)cc21. The first-order chi connectivity index (χ1) is 11.1. The van der Waals surface area contributed by atoms with Gasteiger partial charge in [-0.3, -0.25) is 9.59 Å². The lowest BCUT2D eigenvalue weighted by molar-refractivity contribution is -0.121. The number of hydrogen-bond acceptors (Lipinski definition) is 4. The highest BCUT2D eigenvalue weighted by molar-refractivity contribution is 7.18. The average molecular weight is 351 g/mol. The van der Waals surface area contributed by atoms with Crippen LogP contribution in [0.1, 0.15) is 23.0 Å². The Morgan fingerprint density at radius 1 is 1.39 bits per heavy atom. The van der Waals surface area contributed by atoms with Crippen LogP contribution in [-0.4, -0.2) is 25.0 Å². The number of nitrogens with zero attached hydrogens (tertiary/aromatic N) is 1. The van der Waals surface area contributed by atoms with Gasteiger partial charge in [-0.15, -0.1) is 11.3 Å². The molecule has 2 aromatic rings. The van der Waals surface area contributed by atoms with Crippen molar-refractivity contribution in [3.8, 4) is 5.75 Å². The summed E-state index contributed by atoms with van der Waals surface area (Å²) in [6, 6.07) is 8.64. The quantitative estimate of drug-likeness (QED) is 0.912. The third kappa shape index (κ3) is 3.33. The standard InChI is InChI=1S/C16H15ClN2O3S/c1-2-7-19-11-8-10(3-4-12(11)22-9-15(19)20)18-16(21)13-5-6-14(17)23-13/h3-6,8H,2,7,9H2,1H3,(H,18,21). The van der Waals surface area contributed by atoms with Crippen LogP contribution in [0.15, 0.2) is 30.3 Å². The third-order valence-corrected chi connectivity index (χ3v) is 4.63. The summed E-state index contributed by atoms with van der Waals surface area (Å²) in [5.41, 5.74) is 1.29. The van der Waals surface area contributed by atoms with Crippen molar-refractivity contribution in [2.45, 2.75) is 13.3 Å². The van der Waals surface area contributed by atoms with Crippen molar-refractivity contribution in [3.05, 3.63) is 39.5 Å². The molecule has 0 radical (unpaired) electrons. The molecule has 1 aromatic carbocycles. The van der Waals surface area contributed by atoms with E-state index in [2.05, 4.69) is 5.32 Å². The Balaban J connectivity index is 1.85. The molecule has 0 fully saturated rings. The Bertz CT molecular complexity index is 760. The lowest BCUT2D eigenvalue weighted by Gasteiger charge is -2.29. The number of anilines is 2. The largest absolute Gasteiger partial charge is 0.482 e. The molecule has 23 heavy (non-hydrogen) atoms. The number of benzene rings is 1. The molecular formula is C16H15ClN2O3S. The van der Waals surface area contributed by atoms with Gasteiger partial charge in [-0.05, 0) is 36.8 Å². The van der Waals surface area contributed by atoms with E-state index in [0.29, 0.717) is 32.9 Å². The summed E-state index contributed by atoms with van der Waals surface area (Å²) < 4.78 is 6.00. The van der Waals surface area contributed by atoms with Crippen molar-refractivity contribution < 1.29 is 14.3 Å². The minimum absolute atomic E-state index is 0.0480. The molecule has 5 nitrogen and oxygen atoms in total. The number of halogens is 1. The first-order valence-corrected chi connectivity index (χ1v) is 8.42. The molecule has 0 aliphatic carbocycles. The summed E-state index contributed by atoms with van der Waals surface area (Å²) in [4.78, 5) is 26.4. The molecule has 0 saturated heterocycles. The van der Waals surface area contributed by atoms with Crippen LogP contribution in [0.25, 0.3) is 0 Å². The number of amides is 2. The van der Waals surface area contributed by atoms with Crippen LogP contribution < -0.4 is 15.0 Å². The lowest BCUT2D eigenvalue weighted by atomic mass is 10.2. The fourth-order valence-electron chi connectivity index (χ4n) is 2.38. The highest BCUT2D eigenvalue weighted by Gasteiger charge is 2.25. The maximum Gasteiger partial charge on any atom is 0.265 e. The van der Waals surface area contributed by atoms with Crippen molar-refractivity contribution in [1.82, 2.24) is 0 Å². The van der Waals surface area contributed by atoms with Gasteiger partial charge in [0.1, 0.15) is 5.75 Å². The van der Waals surface area contributed by atoms with Crippen LogP contribution in [0.4, 0.5) is 11.4 Å². The molecule has 1 aromatic heterocycles. The molecule has 3 rings (SSSR count). The van der Waals surface area contributed by atoms with Crippen LogP contribution >= 0.6 is 22.9 Å². The van der Waals surface area contributed by atoms with Gasteiger partial charge in [-0.1, -0.05) is 18.5 Å². The summed E-state index contributed by atoms with van der Waals surface area (Å²) in [6.07, 6.45) is 0.843. The van der Waals surface area contributed by atoms with Gasteiger partial charge < -0.3 is 15.0 Å². The average Bonchev–Trinajstić information content (AvgIpc) is 2.97. The number of nitrogens with one attached hydrogen (secondary N) is 1. The van der Waals surface area contributed by atoms with Crippen LogP contribution in [0.5, 0.6) is 5.75 Å². The highest BCUT2D eigenvalue weighted by atomic mass is 35.5. The van der Waals surface area contributed by atoms with Crippen LogP contribution in [0.2, 0.25) is 4.34 Å². The second-order valence-corrected chi connectivity index (χ2v) is 6.79. The Hall–Kier alpha value is -2.05. The van der Waals surface area contributed by atoms with E-state index < -0.39 is 0 Å². The van der Waals surface area contributed by atoms with Gasteiger partial charge in [0.15, 0.2) is 6.61 Å². The number of carbonyl (C=O) groups excluding carboxylic acids is 2. The zero-order chi connectivity index (χ0) is 16.4. The van der Waals surface area contributed by atoms with E-state index in [0.717, 1.165) is 6.42 Å². The molecule has 0 spiro atoms. The topological polar surface area (TPSA) is 58.6 Å². The normalized spacial score (nSPS) is 13.5. The maximum absolute atomic E-state index is 12.2. The van der Waals surface area contributed by atoms with Gasteiger partial charge in [0.2, 0.25) is 0 Å². The highest BCUT2D eigenvalue weighted by Crippen LogP contribution is 2.35. The molecule has 1 aliphatic heterocycles. The summed E-state index contributed by atoms with van der Waals surface area (Å²) in [5.74, 6) is 0.343. The Morgan fingerprint density at radius 2 is 2.22 bits per heavy atom. The minimum Gasteiger partial charge on any atom is -0.482 e. The predicted molar refractivity (Wildman–Crippen MR) is 91.9 cm³/mol. The lowest BCUT2D eigenvalue weighted by Crippen LogP contribution is -2.39. The summed E-state index contributed by atoms with van der Waals surface area (Å²) >= 11 is 7.07. The summed E-state index contributed by atoms with van der Waals surface area (Å²) in [6.45, 7) is 2.67. The molecule has 1 N–H and O–H groups in total. The number of rotatable bonds is 4. The van der Waals surface area contributed by atoms with Gasteiger partial charge in [0.05, 0.1) is 14.9 Å².